The van der Waals surface area contributed by atoms with Crippen molar-refractivity contribution >= 4 is 0 Å². The van der Waals surface area contributed by atoms with Crippen molar-refractivity contribution < 1.29 is 9.84 Å². The predicted octanol–water partition coefficient (Wildman–Crippen LogP) is 2.93. The topological polar surface area (TPSA) is 41.5 Å². The quantitative estimate of drug-likeness (QED) is 0.799. The van der Waals surface area contributed by atoms with E-state index in [1.54, 1.807) is 13.2 Å². The van der Waals surface area contributed by atoms with Crippen LogP contribution in [0.15, 0.2) is 18.2 Å². The van der Waals surface area contributed by atoms with Gasteiger partial charge in [-0.05, 0) is 25.3 Å². The highest BCUT2D eigenvalue weighted by molar-refractivity contribution is 5.39. The third-order valence-corrected chi connectivity index (χ3v) is 2.76. The summed E-state index contributed by atoms with van der Waals surface area (Å²) in [5, 5.41) is 13.2. The third-order valence-electron chi connectivity index (χ3n) is 2.76. The first-order valence-electron chi connectivity index (χ1n) is 6.12. The molecule has 1 atom stereocenters. The molecule has 0 radical (unpaired) electrons. The number of rotatable bonds is 6. The van der Waals surface area contributed by atoms with Crippen LogP contribution < -0.4 is 10.1 Å². The first-order valence-corrected chi connectivity index (χ1v) is 6.12. The second kappa shape index (κ2) is 6.50. The van der Waals surface area contributed by atoms with E-state index in [1.165, 1.54) is 0 Å². The van der Waals surface area contributed by atoms with E-state index in [1.807, 2.05) is 12.1 Å². The minimum Gasteiger partial charge on any atom is -0.507 e. The molecule has 0 heterocycles. The van der Waals surface area contributed by atoms with Gasteiger partial charge in [-0.15, -0.1) is 0 Å². The first kappa shape index (κ1) is 13.8. The molecule has 0 aliphatic heterocycles. The number of nitrogens with one attached hydrogen (secondary N) is 1. The van der Waals surface area contributed by atoms with Crippen molar-refractivity contribution in [2.45, 2.75) is 39.8 Å². The molecule has 0 aromatic heterocycles. The molecule has 0 saturated heterocycles. The molecule has 17 heavy (non-hydrogen) atoms. The molecule has 0 aliphatic carbocycles. The molecule has 0 saturated carbocycles. The van der Waals surface area contributed by atoms with Gasteiger partial charge in [0.05, 0.1) is 7.11 Å². The minimum atomic E-state index is 0.286. The number of hydrogen-bond donors (Lipinski definition) is 2. The van der Waals surface area contributed by atoms with Gasteiger partial charge >= 0.3 is 0 Å². The van der Waals surface area contributed by atoms with Gasteiger partial charge < -0.3 is 15.2 Å². The highest BCUT2D eigenvalue weighted by Crippen LogP contribution is 2.23. The number of benzene rings is 1. The molecule has 96 valence electrons. The summed E-state index contributed by atoms with van der Waals surface area (Å²) in [6.07, 6.45) is 1.14. The zero-order valence-corrected chi connectivity index (χ0v) is 11.2. The van der Waals surface area contributed by atoms with E-state index in [0.717, 1.165) is 12.0 Å². The van der Waals surface area contributed by atoms with Crippen LogP contribution in [0, 0.1) is 5.92 Å². The summed E-state index contributed by atoms with van der Waals surface area (Å²) in [4.78, 5) is 0. The Bertz CT molecular complexity index is 350. The number of phenols is 1. The Hall–Kier alpha value is -1.22. The summed E-state index contributed by atoms with van der Waals surface area (Å²) in [7, 11) is 1.59. The van der Waals surface area contributed by atoms with Crippen LogP contribution in [0.1, 0.15) is 32.8 Å². The molecular weight excluding hydrogens is 214 g/mol. The minimum absolute atomic E-state index is 0.286. The van der Waals surface area contributed by atoms with Crippen LogP contribution in [0.4, 0.5) is 0 Å². The molecule has 0 bridgehead atoms. The van der Waals surface area contributed by atoms with E-state index in [4.69, 9.17) is 4.74 Å². The van der Waals surface area contributed by atoms with Crippen molar-refractivity contribution in [1.29, 1.82) is 0 Å². The third kappa shape index (κ3) is 4.65. The Labute approximate surface area is 104 Å². The average Bonchev–Trinajstić information content (AvgIpc) is 2.26. The van der Waals surface area contributed by atoms with Crippen molar-refractivity contribution in [3.05, 3.63) is 23.8 Å². The zero-order valence-electron chi connectivity index (χ0n) is 11.2. The molecule has 3 nitrogen and oxygen atoms in total. The van der Waals surface area contributed by atoms with Gasteiger partial charge in [0.25, 0.3) is 0 Å². The van der Waals surface area contributed by atoms with Crippen molar-refractivity contribution in [2.75, 3.05) is 7.11 Å². The molecular formula is C14H23NO2. The number of methoxy groups -OCH3 is 1. The van der Waals surface area contributed by atoms with E-state index < -0.39 is 0 Å². The van der Waals surface area contributed by atoms with E-state index in [2.05, 4.69) is 26.1 Å². The van der Waals surface area contributed by atoms with Crippen LogP contribution in [0.25, 0.3) is 0 Å². The van der Waals surface area contributed by atoms with Gasteiger partial charge in [0.15, 0.2) is 0 Å². The standard InChI is InChI=1S/C14H23NO2/c1-10(2)7-11(3)15-9-12-5-6-13(17-4)8-14(12)16/h5-6,8,10-11,15-16H,7,9H2,1-4H3. The monoisotopic (exact) mass is 237 g/mol. The Morgan fingerprint density at radius 1 is 1.29 bits per heavy atom. The van der Waals surface area contributed by atoms with Crippen LogP contribution in [-0.2, 0) is 6.54 Å². The molecule has 0 amide bonds. The van der Waals surface area contributed by atoms with Crippen LogP contribution in [-0.4, -0.2) is 18.3 Å². The van der Waals surface area contributed by atoms with E-state index in [9.17, 15) is 5.11 Å². The lowest BCUT2D eigenvalue weighted by atomic mass is 10.0. The van der Waals surface area contributed by atoms with E-state index >= 15 is 0 Å². The van der Waals surface area contributed by atoms with Crippen molar-refractivity contribution in [1.82, 2.24) is 5.32 Å². The molecule has 0 fully saturated rings. The molecule has 2 N–H and O–H groups in total. The van der Waals surface area contributed by atoms with Gasteiger partial charge in [0.1, 0.15) is 11.5 Å². The lowest BCUT2D eigenvalue weighted by Gasteiger charge is -2.16. The van der Waals surface area contributed by atoms with Gasteiger partial charge in [0, 0.05) is 24.2 Å². The van der Waals surface area contributed by atoms with Crippen LogP contribution in [0.5, 0.6) is 11.5 Å². The molecule has 1 aromatic rings. The largest absolute Gasteiger partial charge is 0.507 e. The molecule has 3 heteroatoms. The van der Waals surface area contributed by atoms with Crippen molar-refractivity contribution in [3.8, 4) is 11.5 Å². The Balaban J connectivity index is 2.51. The fourth-order valence-corrected chi connectivity index (χ4v) is 1.89. The Morgan fingerprint density at radius 3 is 2.53 bits per heavy atom. The maximum atomic E-state index is 9.80. The number of aromatic hydroxyl groups is 1. The first-order chi connectivity index (χ1) is 8.02. The molecule has 0 aliphatic rings. The second-order valence-electron chi connectivity index (χ2n) is 4.91. The summed E-state index contributed by atoms with van der Waals surface area (Å²) < 4.78 is 5.05. The smallest absolute Gasteiger partial charge is 0.123 e. The Kier molecular flexibility index (Phi) is 5.29. The molecule has 0 spiro atoms. The summed E-state index contributed by atoms with van der Waals surface area (Å²) in [5.41, 5.74) is 0.904. The highest BCUT2D eigenvalue weighted by atomic mass is 16.5. The molecule has 1 rings (SSSR count). The van der Waals surface area contributed by atoms with Crippen LogP contribution >= 0.6 is 0 Å². The number of ether oxygens (including phenoxy) is 1. The molecule has 1 unspecified atom stereocenters. The number of phenolic OH excluding ortho intramolecular Hbond substituents is 1. The van der Waals surface area contributed by atoms with Gasteiger partial charge in [0.2, 0.25) is 0 Å². The van der Waals surface area contributed by atoms with Crippen molar-refractivity contribution in [2.24, 2.45) is 5.92 Å². The zero-order chi connectivity index (χ0) is 12.8. The van der Waals surface area contributed by atoms with Crippen LogP contribution in [0.2, 0.25) is 0 Å². The lowest BCUT2D eigenvalue weighted by molar-refractivity contribution is 0.403. The summed E-state index contributed by atoms with van der Waals surface area (Å²) in [6.45, 7) is 7.27. The summed E-state index contributed by atoms with van der Waals surface area (Å²) in [6, 6.07) is 5.86. The lowest BCUT2D eigenvalue weighted by Crippen LogP contribution is -2.26. The average molecular weight is 237 g/mol. The fourth-order valence-electron chi connectivity index (χ4n) is 1.89. The highest BCUT2D eigenvalue weighted by Gasteiger charge is 2.07. The van der Waals surface area contributed by atoms with Gasteiger partial charge in [-0.25, -0.2) is 0 Å². The van der Waals surface area contributed by atoms with Crippen molar-refractivity contribution in [3.63, 3.8) is 0 Å². The maximum Gasteiger partial charge on any atom is 0.123 e. The van der Waals surface area contributed by atoms with E-state index in [0.29, 0.717) is 24.3 Å². The van der Waals surface area contributed by atoms with E-state index in [-0.39, 0.29) is 5.75 Å². The fraction of sp³-hybridized carbons (Fsp3) is 0.571. The normalized spacial score (nSPS) is 12.8. The Morgan fingerprint density at radius 2 is 2.00 bits per heavy atom. The summed E-state index contributed by atoms with van der Waals surface area (Å²) in [5.74, 6) is 1.65. The molecule has 1 aromatic carbocycles. The second-order valence-corrected chi connectivity index (χ2v) is 4.91. The van der Waals surface area contributed by atoms with Gasteiger partial charge in [-0.2, -0.15) is 0 Å². The SMILES string of the molecule is COc1ccc(CNC(C)CC(C)C)c(O)c1. The number of hydrogen-bond acceptors (Lipinski definition) is 3. The summed E-state index contributed by atoms with van der Waals surface area (Å²) >= 11 is 0. The maximum absolute atomic E-state index is 9.80. The van der Waals surface area contributed by atoms with Crippen LogP contribution in [0.3, 0.4) is 0 Å². The predicted molar refractivity (Wildman–Crippen MR) is 70.4 cm³/mol. The van der Waals surface area contributed by atoms with Gasteiger partial charge in [-0.1, -0.05) is 19.9 Å². The van der Waals surface area contributed by atoms with Gasteiger partial charge in [-0.3, -0.25) is 0 Å².